The molecule has 8 heteroatoms. The average Bonchev–Trinajstić information content (AvgIpc) is 2.92. The smallest absolute Gasteiger partial charge is 0.253 e. The zero-order chi connectivity index (χ0) is 24.8. The molecule has 186 valence electrons. The van der Waals surface area contributed by atoms with Gasteiger partial charge in [0.05, 0.1) is 20.3 Å². The van der Waals surface area contributed by atoms with Crippen molar-refractivity contribution < 1.29 is 23.9 Å². The molecule has 2 aromatic carbocycles. The van der Waals surface area contributed by atoms with Crippen LogP contribution in [0.1, 0.15) is 39.1 Å². The number of nitrogens with zero attached hydrogens (tertiary/aromatic N) is 2. The van der Waals surface area contributed by atoms with E-state index >= 15 is 0 Å². The lowest BCUT2D eigenvalue weighted by Crippen LogP contribution is -2.56. The fraction of sp³-hybridized carbons (Fsp3) is 0.444. The molecule has 0 saturated carbocycles. The number of piperidine rings is 1. The first kappa shape index (κ1) is 24.7. The van der Waals surface area contributed by atoms with Gasteiger partial charge in [-0.2, -0.15) is 0 Å². The van der Waals surface area contributed by atoms with Crippen molar-refractivity contribution in [1.29, 1.82) is 0 Å². The predicted molar refractivity (Wildman–Crippen MR) is 131 cm³/mol. The van der Waals surface area contributed by atoms with Gasteiger partial charge in [-0.15, -0.1) is 0 Å². The summed E-state index contributed by atoms with van der Waals surface area (Å²) >= 11 is 0. The van der Waals surface area contributed by atoms with E-state index in [9.17, 15) is 14.4 Å². The second-order valence-electron chi connectivity index (χ2n) is 9.12. The number of aryl methyl sites for hydroxylation is 1. The number of amides is 3. The Morgan fingerprint density at radius 3 is 2.29 bits per heavy atom. The zero-order valence-corrected chi connectivity index (χ0v) is 20.4. The average molecular weight is 480 g/mol. The molecule has 35 heavy (non-hydrogen) atoms. The van der Waals surface area contributed by atoms with E-state index in [1.165, 1.54) is 0 Å². The molecule has 2 saturated heterocycles. The number of carbonyl (C=O) groups excluding carboxylic acids is 3. The fourth-order valence-corrected chi connectivity index (χ4v) is 4.67. The topological polar surface area (TPSA) is 88.2 Å². The molecule has 2 aromatic rings. The van der Waals surface area contributed by atoms with Crippen molar-refractivity contribution in [3.05, 3.63) is 65.2 Å². The molecule has 0 aromatic heterocycles. The third-order valence-corrected chi connectivity index (χ3v) is 6.80. The number of nitrogens with one attached hydrogen (secondary N) is 1. The summed E-state index contributed by atoms with van der Waals surface area (Å²) in [5.41, 5.74) is 2.22. The Morgan fingerprint density at radius 1 is 0.943 bits per heavy atom. The standard InChI is InChI=1S/C27H33N3O5/c1-19-6-8-21(9-7-19)26(32)29-12-10-20(11-13-29)24(27(33)30-14-16-35-17-15-30)28-25(31)22-4-3-5-23(18-22)34-2/h3-9,18,20,24H,10-17H2,1-2H3,(H,28,31). The molecular weight excluding hydrogens is 446 g/mol. The molecule has 8 nitrogen and oxygen atoms in total. The predicted octanol–water partition coefficient (Wildman–Crippen LogP) is 2.51. The highest BCUT2D eigenvalue weighted by atomic mass is 16.5. The van der Waals surface area contributed by atoms with Crippen molar-refractivity contribution in [2.45, 2.75) is 25.8 Å². The second kappa shape index (κ2) is 11.4. The van der Waals surface area contributed by atoms with Crippen LogP contribution >= 0.6 is 0 Å². The lowest BCUT2D eigenvalue weighted by atomic mass is 9.87. The van der Waals surface area contributed by atoms with Crippen LogP contribution in [-0.2, 0) is 9.53 Å². The van der Waals surface area contributed by atoms with Gasteiger partial charge in [0.25, 0.3) is 11.8 Å². The lowest BCUT2D eigenvalue weighted by Gasteiger charge is -2.38. The quantitative estimate of drug-likeness (QED) is 0.688. The van der Waals surface area contributed by atoms with Crippen LogP contribution in [0.4, 0.5) is 0 Å². The number of hydrogen-bond acceptors (Lipinski definition) is 5. The highest BCUT2D eigenvalue weighted by Crippen LogP contribution is 2.25. The van der Waals surface area contributed by atoms with Crippen LogP contribution in [0.3, 0.4) is 0 Å². The minimum absolute atomic E-state index is 0.0000723. The first-order valence-electron chi connectivity index (χ1n) is 12.1. The molecule has 0 bridgehead atoms. The molecule has 4 rings (SSSR count). The van der Waals surface area contributed by atoms with E-state index in [-0.39, 0.29) is 23.6 Å². The Morgan fingerprint density at radius 2 is 1.63 bits per heavy atom. The summed E-state index contributed by atoms with van der Waals surface area (Å²) < 4.78 is 10.6. The molecule has 0 spiro atoms. The van der Waals surface area contributed by atoms with E-state index in [4.69, 9.17) is 9.47 Å². The van der Waals surface area contributed by atoms with E-state index in [1.807, 2.05) is 36.1 Å². The normalized spacial score (nSPS) is 17.5. The van der Waals surface area contributed by atoms with Crippen LogP contribution in [0, 0.1) is 12.8 Å². The summed E-state index contributed by atoms with van der Waals surface area (Å²) in [6.07, 6.45) is 1.27. The third-order valence-electron chi connectivity index (χ3n) is 6.80. The monoisotopic (exact) mass is 479 g/mol. The van der Waals surface area contributed by atoms with Gasteiger partial charge in [-0.3, -0.25) is 14.4 Å². The Labute approximate surface area is 206 Å². The van der Waals surface area contributed by atoms with Gasteiger partial charge in [-0.05, 0) is 56.0 Å². The van der Waals surface area contributed by atoms with Crippen LogP contribution in [0.2, 0.25) is 0 Å². The van der Waals surface area contributed by atoms with Gasteiger partial charge in [0, 0.05) is 37.3 Å². The molecule has 2 heterocycles. The van der Waals surface area contributed by atoms with Crippen LogP contribution in [0.5, 0.6) is 5.75 Å². The number of likely N-dealkylation sites (tertiary alicyclic amines) is 1. The maximum Gasteiger partial charge on any atom is 0.253 e. The maximum atomic E-state index is 13.5. The number of benzene rings is 2. The number of ether oxygens (including phenoxy) is 2. The molecular formula is C27H33N3O5. The van der Waals surface area contributed by atoms with Crippen LogP contribution in [0.25, 0.3) is 0 Å². The van der Waals surface area contributed by atoms with Gasteiger partial charge in [-0.25, -0.2) is 0 Å². The minimum Gasteiger partial charge on any atom is -0.497 e. The van der Waals surface area contributed by atoms with Crippen molar-refractivity contribution in [2.24, 2.45) is 5.92 Å². The van der Waals surface area contributed by atoms with Gasteiger partial charge in [-0.1, -0.05) is 23.8 Å². The number of rotatable bonds is 6. The summed E-state index contributed by atoms with van der Waals surface area (Å²) in [5, 5.41) is 3.00. The van der Waals surface area contributed by atoms with E-state index in [0.717, 1.165) is 5.56 Å². The van der Waals surface area contributed by atoms with Crippen LogP contribution in [-0.4, -0.2) is 80.1 Å². The maximum absolute atomic E-state index is 13.5. The summed E-state index contributed by atoms with van der Waals surface area (Å²) in [7, 11) is 1.55. The SMILES string of the molecule is COc1cccc(C(=O)NC(C(=O)N2CCOCC2)C2CCN(C(=O)c3ccc(C)cc3)CC2)c1. The second-order valence-corrected chi connectivity index (χ2v) is 9.12. The Kier molecular flexibility index (Phi) is 8.02. The van der Waals surface area contributed by atoms with Crippen molar-refractivity contribution in [3.63, 3.8) is 0 Å². The highest BCUT2D eigenvalue weighted by Gasteiger charge is 2.36. The highest BCUT2D eigenvalue weighted by molar-refractivity contribution is 5.98. The first-order chi connectivity index (χ1) is 17.0. The Balaban J connectivity index is 1.47. The van der Waals surface area contributed by atoms with Crippen LogP contribution < -0.4 is 10.1 Å². The van der Waals surface area contributed by atoms with Crippen LogP contribution in [0.15, 0.2) is 48.5 Å². The van der Waals surface area contributed by atoms with E-state index in [1.54, 1.807) is 36.3 Å². The minimum atomic E-state index is -0.663. The fourth-order valence-electron chi connectivity index (χ4n) is 4.67. The van der Waals surface area contributed by atoms with Crippen molar-refractivity contribution >= 4 is 17.7 Å². The summed E-state index contributed by atoms with van der Waals surface area (Å²) in [5.74, 6) is 0.111. The molecule has 2 aliphatic heterocycles. The largest absolute Gasteiger partial charge is 0.497 e. The molecule has 1 unspecified atom stereocenters. The third kappa shape index (κ3) is 6.00. The Bertz CT molecular complexity index is 1040. The van der Waals surface area contributed by atoms with Gasteiger partial charge in [0.1, 0.15) is 11.8 Å². The molecule has 0 radical (unpaired) electrons. The Hall–Kier alpha value is -3.39. The zero-order valence-electron chi connectivity index (χ0n) is 20.4. The van der Waals surface area contributed by atoms with Gasteiger partial charge in [0.2, 0.25) is 5.91 Å². The summed E-state index contributed by atoms with van der Waals surface area (Å²) in [6.45, 7) is 5.07. The lowest BCUT2D eigenvalue weighted by molar-refractivity contribution is -0.139. The number of methoxy groups -OCH3 is 1. The first-order valence-corrected chi connectivity index (χ1v) is 12.1. The van der Waals surface area contributed by atoms with E-state index in [2.05, 4.69) is 5.32 Å². The molecule has 1 N–H and O–H groups in total. The number of carbonyl (C=O) groups is 3. The van der Waals surface area contributed by atoms with Gasteiger partial charge < -0.3 is 24.6 Å². The molecule has 2 fully saturated rings. The van der Waals surface area contributed by atoms with Gasteiger partial charge >= 0.3 is 0 Å². The van der Waals surface area contributed by atoms with Gasteiger partial charge in [0.15, 0.2) is 0 Å². The van der Waals surface area contributed by atoms with Crippen molar-refractivity contribution in [2.75, 3.05) is 46.5 Å². The summed E-state index contributed by atoms with van der Waals surface area (Å²) in [4.78, 5) is 43.2. The molecule has 1 atom stereocenters. The molecule has 2 aliphatic rings. The molecule has 3 amide bonds. The summed E-state index contributed by atoms with van der Waals surface area (Å²) in [6, 6.07) is 13.8. The van der Waals surface area contributed by atoms with Crippen molar-refractivity contribution in [1.82, 2.24) is 15.1 Å². The van der Waals surface area contributed by atoms with E-state index < -0.39 is 6.04 Å². The number of morpholine rings is 1. The van der Waals surface area contributed by atoms with Crippen molar-refractivity contribution in [3.8, 4) is 5.75 Å². The number of hydrogen-bond donors (Lipinski definition) is 1. The molecule has 0 aliphatic carbocycles. The van der Waals surface area contributed by atoms with E-state index in [0.29, 0.717) is 69.1 Å².